The third-order valence-electron chi connectivity index (χ3n) is 4.47. The first-order valence-corrected chi connectivity index (χ1v) is 8.71. The van der Waals surface area contributed by atoms with Crippen LogP contribution in [0.2, 0.25) is 0 Å². The number of nitrogens with two attached hydrogens (primary N) is 1. The Morgan fingerprint density at radius 2 is 2.04 bits per heavy atom. The molecule has 1 amide bonds. The van der Waals surface area contributed by atoms with Gasteiger partial charge in [-0.1, -0.05) is 19.1 Å². The number of halogens is 1. The zero-order valence-electron chi connectivity index (χ0n) is 15.7. The number of carbonyl (C=O) groups excluding carboxylic acids is 1. The Hall–Kier alpha value is -2.41. The summed E-state index contributed by atoms with van der Waals surface area (Å²) in [5.41, 5.74) is 11.3. The van der Waals surface area contributed by atoms with Gasteiger partial charge in [0.15, 0.2) is 0 Å². The number of aromatic nitrogens is 2. The van der Waals surface area contributed by atoms with E-state index in [0.717, 1.165) is 39.8 Å². The van der Waals surface area contributed by atoms with E-state index in [0.29, 0.717) is 5.69 Å². The summed E-state index contributed by atoms with van der Waals surface area (Å²) in [6.45, 7) is 5.66. The van der Waals surface area contributed by atoms with Gasteiger partial charge in [-0.25, -0.2) is 4.68 Å². The van der Waals surface area contributed by atoms with Gasteiger partial charge in [-0.05, 0) is 55.7 Å². The normalized spacial score (nSPS) is 11.9. The van der Waals surface area contributed by atoms with Gasteiger partial charge in [0, 0.05) is 11.1 Å². The fourth-order valence-corrected chi connectivity index (χ4v) is 2.99. The first-order valence-electron chi connectivity index (χ1n) is 8.71. The molecular formula is C20H25ClN4O2. The maximum atomic E-state index is 12.1. The molecule has 1 aromatic heterocycles. The van der Waals surface area contributed by atoms with Crippen molar-refractivity contribution in [1.29, 1.82) is 0 Å². The summed E-state index contributed by atoms with van der Waals surface area (Å²) in [4.78, 5) is 12.1. The smallest absolute Gasteiger partial charge is 0.243 e. The second-order valence-corrected chi connectivity index (χ2v) is 6.51. The number of hydrogen-bond donors (Lipinski definition) is 3. The summed E-state index contributed by atoms with van der Waals surface area (Å²) < 4.78 is 1.90. The van der Waals surface area contributed by atoms with Crippen LogP contribution in [0.25, 0.3) is 16.6 Å². The van der Waals surface area contributed by atoms with Crippen molar-refractivity contribution in [3.8, 4) is 5.69 Å². The second kappa shape index (κ2) is 8.52. The zero-order valence-corrected chi connectivity index (χ0v) is 16.5. The minimum Gasteiger partial charge on any atom is -0.394 e. The molecule has 0 aliphatic rings. The summed E-state index contributed by atoms with van der Waals surface area (Å²) in [6, 6.07) is 11.1. The quantitative estimate of drug-likeness (QED) is 0.626. The Morgan fingerprint density at radius 3 is 2.67 bits per heavy atom. The molecule has 27 heavy (non-hydrogen) atoms. The van der Waals surface area contributed by atoms with Crippen LogP contribution in [0.3, 0.4) is 0 Å². The largest absolute Gasteiger partial charge is 0.394 e. The molecule has 0 saturated heterocycles. The molecule has 6 nitrogen and oxygen atoms in total. The van der Waals surface area contributed by atoms with Crippen LogP contribution in [0, 0.1) is 13.8 Å². The molecule has 2 aromatic carbocycles. The van der Waals surface area contributed by atoms with Crippen molar-refractivity contribution < 1.29 is 9.90 Å². The fourth-order valence-electron chi connectivity index (χ4n) is 2.99. The molecule has 144 valence electrons. The van der Waals surface area contributed by atoms with Crippen molar-refractivity contribution in [2.75, 3.05) is 11.9 Å². The number of aliphatic hydroxyl groups is 1. The molecule has 0 bridgehead atoms. The van der Waals surface area contributed by atoms with Gasteiger partial charge in [0.25, 0.3) is 0 Å². The number of rotatable bonds is 5. The first kappa shape index (κ1) is 20.9. The van der Waals surface area contributed by atoms with E-state index in [-0.39, 0.29) is 12.4 Å². The molecule has 1 atom stereocenters. The zero-order chi connectivity index (χ0) is 18.8. The number of nitrogens with one attached hydrogen (secondary N) is 1. The van der Waals surface area contributed by atoms with Crippen molar-refractivity contribution >= 4 is 34.9 Å². The number of carbonyl (C=O) groups is 1. The van der Waals surface area contributed by atoms with Crippen LogP contribution in [-0.4, -0.2) is 33.4 Å². The van der Waals surface area contributed by atoms with E-state index in [4.69, 9.17) is 15.9 Å². The second-order valence-electron chi connectivity index (χ2n) is 6.51. The third-order valence-corrected chi connectivity index (χ3v) is 4.47. The standard InChI is InChI=1S/C20H24N4O2.ClH/c1-4-17-15-9-13(3)18(22-20(26)16(21)11-25)10-19(15)24(23-17)14-7-5-6-12(2)8-14;/h5-10,16,25H,4,11,21H2,1-3H3,(H,22,26);1H/t16-;/m0./s1. The van der Waals surface area contributed by atoms with Crippen molar-refractivity contribution in [3.63, 3.8) is 0 Å². The van der Waals surface area contributed by atoms with Gasteiger partial charge in [0.2, 0.25) is 5.91 Å². The van der Waals surface area contributed by atoms with Crippen LogP contribution >= 0.6 is 12.4 Å². The SMILES string of the molecule is CCc1nn(-c2cccc(C)c2)c2cc(NC(=O)[C@@H](N)CO)c(C)cc12.Cl. The lowest BCUT2D eigenvalue weighted by Gasteiger charge is -2.13. The average molecular weight is 389 g/mol. The minimum atomic E-state index is -0.946. The lowest BCUT2D eigenvalue weighted by atomic mass is 10.1. The predicted molar refractivity (Wildman–Crippen MR) is 111 cm³/mol. The van der Waals surface area contributed by atoms with E-state index in [2.05, 4.69) is 18.3 Å². The first-order chi connectivity index (χ1) is 12.4. The van der Waals surface area contributed by atoms with E-state index in [1.54, 1.807) is 0 Å². The summed E-state index contributed by atoms with van der Waals surface area (Å²) >= 11 is 0. The van der Waals surface area contributed by atoms with E-state index < -0.39 is 18.6 Å². The van der Waals surface area contributed by atoms with Gasteiger partial charge in [0.05, 0.1) is 23.5 Å². The van der Waals surface area contributed by atoms with Crippen LogP contribution in [0.4, 0.5) is 5.69 Å². The summed E-state index contributed by atoms with van der Waals surface area (Å²) in [5, 5.41) is 17.7. The van der Waals surface area contributed by atoms with Crippen LogP contribution in [0.1, 0.15) is 23.7 Å². The van der Waals surface area contributed by atoms with E-state index in [9.17, 15) is 4.79 Å². The number of aliphatic hydroxyl groups excluding tert-OH is 1. The van der Waals surface area contributed by atoms with Gasteiger partial charge < -0.3 is 16.2 Å². The maximum Gasteiger partial charge on any atom is 0.243 e. The third kappa shape index (κ3) is 4.13. The Balaban J connectivity index is 0.00000261. The van der Waals surface area contributed by atoms with E-state index in [1.807, 2.05) is 48.9 Å². The molecule has 0 unspecified atom stereocenters. The number of aryl methyl sites for hydroxylation is 3. The fraction of sp³-hybridized carbons (Fsp3) is 0.300. The van der Waals surface area contributed by atoms with Gasteiger partial charge >= 0.3 is 0 Å². The van der Waals surface area contributed by atoms with Crippen LogP contribution in [-0.2, 0) is 11.2 Å². The van der Waals surface area contributed by atoms with Gasteiger partial charge in [-0.3, -0.25) is 4.79 Å². The summed E-state index contributed by atoms with van der Waals surface area (Å²) in [6.07, 6.45) is 0.815. The van der Waals surface area contributed by atoms with Gasteiger partial charge in [-0.15, -0.1) is 12.4 Å². The minimum absolute atomic E-state index is 0. The molecule has 0 aliphatic heterocycles. The molecule has 0 radical (unpaired) electrons. The molecule has 1 heterocycles. The molecule has 7 heteroatoms. The molecular weight excluding hydrogens is 364 g/mol. The monoisotopic (exact) mass is 388 g/mol. The Labute approximate surface area is 164 Å². The number of amides is 1. The van der Waals surface area contributed by atoms with Crippen LogP contribution in [0.5, 0.6) is 0 Å². The molecule has 4 N–H and O–H groups in total. The van der Waals surface area contributed by atoms with Crippen molar-refractivity contribution in [1.82, 2.24) is 9.78 Å². The number of anilines is 1. The number of hydrogen-bond acceptors (Lipinski definition) is 4. The van der Waals surface area contributed by atoms with Gasteiger partial charge in [-0.2, -0.15) is 5.10 Å². The Bertz CT molecular complexity index is 968. The van der Waals surface area contributed by atoms with Crippen molar-refractivity contribution in [2.45, 2.75) is 33.2 Å². The lowest BCUT2D eigenvalue weighted by Crippen LogP contribution is -2.38. The summed E-state index contributed by atoms with van der Waals surface area (Å²) in [7, 11) is 0. The number of nitrogens with zero attached hydrogens (tertiary/aromatic N) is 2. The molecule has 0 spiro atoms. The average Bonchev–Trinajstić information content (AvgIpc) is 2.98. The number of benzene rings is 2. The van der Waals surface area contributed by atoms with Crippen LogP contribution in [0.15, 0.2) is 36.4 Å². The van der Waals surface area contributed by atoms with E-state index in [1.165, 1.54) is 0 Å². The topological polar surface area (TPSA) is 93.2 Å². The van der Waals surface area contributed by atoms with Crippen molar-refractivity contribution in [3.05, 3.63) is 53.2 Å². The van der Waals surface area contributed by atoms with E-state index >= 15 is 0 Å². The molecule has 3 rings (SSSR count). The highest BCUT2D eigenvalue weighted by Crippen LogP contribution is 2.29. The highest BCUT2D eigenvalue weighted by molar-refractivity contribution is 5.98. The highest BCUT2D eigenvalue weighted by atomic mass is 35.5. The highest BCUT2D eigenvalue weighted by Gasteiger charge is 2.17. The molecule has 0 fully saturated rings. The molecule has 0 aliphatic carbocycles. The van der Waals surface area contributed by atoms with Crippen molar-refractivity contribution in [2.24, 2.45) is 5.73 Å². The molecule has 3 aromatic rings. The molecule has 0 saturated carbocycles. The van der Waals surface area contributed by atoms with Gasteiger partial charge in [0.1, 0.15) is 6.04 Å². The predicted octanol–water partition coefficient (Wildman–Crippen LogP) is 2.88. The Morgan fingerprint density at radius 1 is 1.30 bits per heavy atom. The lowest BCUT2D eigenvalue weighted by molar-refractivity contribution is -0.118. The van der Waals surface area contributed by atoms with Crippen LogP contribution < -0.4 is 11.1 Å². The summed E-state index contributed by atoms with van der Waals surface area (Å²) in [5.74, 6) is -0.410. The Kier molecular flexibility index (Phi) is 6.59. The maximum absolute atomic E-state index is 12.1. The number of fused-ring (bicyclic) bond motifs is 1.